The fraction of sp³-hybridized carbons (Fsp3) is 0.200. The van der Waals surface area contributed by atoms with Crippen molar-refractivity contribution in [3.63, 3.8) is 0 Å². The van der Waals surface area contributed by atoms with Crippen molar-refractivity contribution < 1.29 is 0 Å². The predicted octanol–water partition coefficient (Wildman–Crippen LogP) is 0.636. The zero-order valence-corrected chi connectivity index (χ0v) is 4.04. The van der Waals surface area contributed by atoms with E-state index in [0.29, 0.717) is 0 Å². The van der Waals surface area contributed by atoms with E-state index < -0.39 is 0 Å². The number of hydrogen-bond acceptors (Lipinski definition) is 2. The summed E-state index contributed by atoms with van der Waals surface area (Å²) in [5, 5.41) is 0. The van der Waals surface area contributed by atoms with E-state index in [1.165, 1.54) is 0 Å². The van der Waals surface area contributed by atoms with E-state index in [4.69, 9.17) is 0 Å². The lowest BCUT2D eigenvalue weighted by atomic mass is 10.5. The van der Waals surface area contributed by atoms with Crippen molar-refractivity contribution in [2.24, 2.45) is 4.99 Å². The Kier molecular flexibility index (Phi) is 1.11. The molecule has 1 rings (SSSR count). The quantitative estimate of drug-likeness (QED) is 0.431. The van der Waals surface area contributed by atoms with Gasteiger partial charge in [-0.15, -0.1) is 0 Å². The highest BCUT2D eigenvalue weighted by Gasteiger charge is 1.85. The fourth-order valence-corrected chi connectivity index (χ4v) is 0.434. The van der Waals surface area contributed by atoms with E-state index in [1.807, 2.05) is 12.3 Å². The first-order valence-electron chi connectivity index (χ1n) is 2.15. The summed E-state index contributed by atoms with van der Waals surface area (Å²) in [6.45, 7) is 0.798. The van der Waals surface area contributed by atoms with Crippen molar-refractivity contribution in [3.05, 3.63) is 19.3 Å². The molecule has 1 radical (unpaired) electrons. The van der Waals surface area contributed by atoms with Crippen molar-refractivity contribution in [1.82, 2.24) is 4.90 Å². The summed E-state index contributed by atoms with van der Waals surface area (Å²) >= 11 is 0. The van der Waals surface area contributed by atoms with Crippen LogP contribution in [0.4, 0.5) is 0 Å². The smallest absolute Gasteiger partial charge is 0.0894 e. The molecule has 0 aromatic heterocycles. The van der Waals surface area contributed by atoms with Crippen LogP contribution in [0.5, 0.6) is 0 Å². The molecule has 0 unspecified atom stereocenters. The van der Waals surface area contributed by atoms with E-state index in [-0.39, 0.29) is 0 Å². The van der Waals surface area contributed by atoms with Gasteiger partial charge in [-0.05, 0) is 6.08 Å². The van der Waals surface area contributed by atoms with Crippen molar-refractivity contribution in [1.29, 1.82) is 0 Å². The zero-order chi connectivity index (χ0) is 5.11. The molecule has 0 atom stereocenters. The van der Waals surface area contributed by atoms with Gasteiger partial charge in [0.15, 0.2) is 0 Å². The lowest BCUT2D eigenvalue weighted by Gasteiger charge is -2.07. The van der Waals surface area contributed by atoms with Crippen LogP contribution in [-0.2, 0) is 0 Å². The molecular weight excluding hydrogens is 88.1 g/mol. The van der Waals surface area contributed by atoms with Crippen LogP contribution in [0.1, 0.15) is 0 Å². The van der Waals surface area contributed by atoms with Crippen LogP contribution in [0.25, 0.3) is 0 Å². The molecule has 0 saturated heterocycles. The number of aliphatic imine (C=N–C) groups is 1. The van der Waals surface area contributed by atoms with Crippen molar-refractivity contribution in [2.45, 2.75) is 0 Å². The monoisotopic (exact) mass is 95.1 g/mol. The van der Waals surface area contributed by atoms with E-state index in [1.54, 1.807) is 11.2 Å². The first-order chi connectivity index (χ1) is 3.39. The third kappa shape index (κ3) is 1.03. The highest BCUT2D eigenvalue weighted by molar-refractivity contribution is 5.58. The molecule has 0 aromatic carbocycles. The summed E-state index contributed by atoms with van der Waals surface area (Å²) in [4.78, 5) is 5.58. The second-order valence-corrected chi connectivity index (χ2v) is 1.38. The average Bonchev–Trinajstić information content (AvgIpc) is 1.69. The van der Waals surface area contributed by atoms with Gasteiger partial charge in [0, 0.05) is 13.2 Å². The molecule has 0 N–H and O–H groups in total. The third-order valence-electron chi connectivity index (χ3n) is 0.738. The van der Waals surface area contributed by atoms with Gasteiger partial charge in [0.1, 0.15) is 0 Å². The fourth-order valence-electron chi connectivity index (χ4n) is 0.434. The van der Waals surface area contributed by atoms with Crippen LogP contribution < -0.4 is 0 Å². The van der Waals surface area contributed by atoms with Gasteiger partial charge in [-0.2, -0.15) is 0 Å². The second-order valence-electron chi connectivity index (χ2n) is 1.38. The van der Waals surface area contributed by atoms with Gasteiger partial charge < -0.3 is 4.90 Å². The van der Waals surface area contributed by atoms with Crippen LogP contribution in [0, 0.1) is 7.05 Å². The SMILES string of the molecule is [CH2]N1C=CCN=C1. The molecule has 1 aliphatic heterocycles. The molecule has 2 heteroatoms. The summed E-state index contributed by atoms with van der Waals surface area (Å²) in [5.74, 6) is 0. The third-order valence-corrected chi connectivity index (χ3v) is 0.738. The second kappa shape index (κ2) is 1.78. The maximum Gasteiger partial charge on any atom is 0.0894 e. The minimum atomic E-state index is 0.798. The molecule has 0 aliphatic carbocycles. The Balaban J connectivity index is 2.49. The molecule has 0 bridgehead atoms. The molecule has 37 valence electrons. The van der Waals surface area contributed by atoms with Gasteiger partial charge in [0.2, 0.25) is 0 Å². The standard InChI is InChI=1S/C5H7N2/c1-7-4-2-3-6-5-7/h2,4-5H,1,3H2. The molecular formula is C5H7N2. The molecule has 7 heavy (non-hydrogen) atoms. The Labute approximate surface area is 43.2 Å². The maximum absolute atomic E-state index is 3.91. The van der Waals surface area contributed by atoms with Crippen LogP contribution in [0.15, 0.2) is 17.3 Å². The van der Waals surface area contributed by atoms with Gasteiger partial charge in [0.05, 0.1) is 12.9 Å². The summed E-state index contributed by atoms with van der Waals surface area (Å²) < 4.78 is 0. The Hall–Kier alpha value is -0.790. The lowest BCUT2D eigenvalue weighted by molar-refractivity contribution is 0.754. The Morgan fingerprint density at radius 1 is 1.71 bits per heavy atom. The van der Waals surface area contributed by atoms with Crippen LogP contribution >= 0.6 is 0 Å². The largest absolute Gasteiger partial charge is 0.338 e. The molecule has 0 amide bonds. The number of nitrogens with zero attached hydrogens (tertiary/aromatic N) is 2. The normalized spacial score (nSPS) is 18.1. The van der Waals surface area contributed by atoms with Gasteiger partial charge in [0.25, 0.3) is 0 Å². The van der Waals surface area contributed by atoms with Crippen LogP contribution in [0.2, 0.25) is 0 Å². The Morgan fingerprint density at radius 2 is 2.57 bits per heavy atom. The topological polar surface area (TPSA) is 15.6 Å². The van der Waals surface area contributed by atoms with Gasteiger partial charge in [-0.25, -0.2) is 0 Å². The Morgan fingerprint density at radius 3 is 2.86 bits per heavy atom. The first kappa shape index (κ1) is 4.37. The molecule has 1 heterocycles. The minimum absolute atomic E-state index is 0.798. The molecule has 0 spiro atoms. The van der Waals surface area contributed by atoms with Crippen LogP contribution in [-0.4, -0.2) is 17.8 Å². The van der Waals surface area contributed by atoms with Gasteiger partial charge >= 0.3 is 0 Å². The lowest BCUT2D eigenvalue weighted by Crippen LogP contribution is -2.07. The van der Waals surface area contributed by atoms with E-state index >= 15 is 0 Å². The average molecular weight is 95.1 g/mol. The van der Waals surface area contributed by atoms with E-state index in [2.05, 4.69) is 12.0 Å². The minimum Gasteiger partial charge on any atom is -0.338 e. The predicted molar refractivity (Wildman–Crippen MR) is 29.7 cm³/mol. The summed E-state index contributed by atoms with van der Waals surface area (Å²) in [7, 11) is 3.59. The van der Waals surface area contributed by atoms with E-state index in [0.717, 1.165) is 6.54 Å². The maximum atomic E-state index is 3.91. The molecule has 0 saturated carbocycles. The van der Waals surface area contributed by atoms with Crippen molar-refractivity contribution >= 4 is 6.34 Å². The molecule has 1 aliphatic rings. The highest BCUT2D eigenvalue weighted by atomic mass is 15.1. The van der Waals surface area contributed by atoms with Crippen molar-refractivity contribution in [2.75, 3.05) is 6.54 Å². The molecule has 0 fully saturated rings. The summed E-state index contributed by atoms with van der Waals surface area (Å²) in [6, 6.07) is 0. The van der Waals surface area contributed by atoms with Gasteiger partial charge in [-0.3, -0.25) is 4.99 Å². The first-order valence-corrected chi connectivity index (χ1v) is 2.15. The zero-order valence-electron chi connectivity index (χ0n) is 4.04. The summed E-state index contributed by atoms with van der Waals surface area (Å²) in [5.41, 5.74) is 0. The molecule has 2 nitrogen and oxygen atoms in total. The number of hydrogen-bond donors (Lipinski definition) is 0. The van der Waals surface area contributed by atoms with E-state index in [9.17, 15) is 0 Å². The number of rotatable bonds is 0. The summed E-state index contributed by atoms with van der Waals surface area (Å²) in [6.07, 6.45) is 5.53. The molecule has 0 aromatic rings. The van der Waals surface area contributed by atoms with Crippen molar-refractivity contribution in [3.8, 4) is 0 Å². The van der Waals surface area contributed by atoms with Gasteiger partial charge in [-0.1, -0.05) is 0 Å². The highest BCUT2D eigenvalue weighted by Crippen LogP contribution is 1.87. The van der Waals surface area contributed by atoms with Crippen LogP contribution in [0.3, 0.4) is 0 Å². The Bertz CT molecular complexity index is 92.6.